The van der Waals surface area contributed by atoms with Crippen molar-refractivity contribution in [2.45, 2.75) is 45.8 Å². The number of nitrogens with one attached hydrogen (secondary N) is 2. The van der Waals surface area contributed by atoms with Crippen LogP contribution in [0.25, 0.3) is 33.1 Å². The molecule has 2 atom stereocenters. The molecule has 5 heterocycles. The monoisotopic (exact) mass is 503 g/mol. The van der Waals surface area contributed by atoms with Crippen LogP contribution in [0.4, 0.5) is 5.69 Å². The van der Waals surface area contributed by atoms with E-state index in [1.165, 1.54) is 0 Å². The van der Waals surface area contributed by atoms with Crippen molar-refractivity contribution in [2.24, 2.45) is 0 Å². The third kappa shape index (κ3) is 3.42. The van der Waals surface area contributed by atoms with Crippen molar-refractivity contribution < 1.29 is 5.11 Å². The first-order valence-electron chi connectivity index (χ1n) is 12.0. The van der Waals surface area contributed by atoms with Crippen LogP contribution >= 0.6 is 11.6 Å². The maximum atomic E-state index is 13.6. The molecule has 1 aliphatic rings. The molecule has 0 spiro atoms. The van der Waals surface area contributed by atoms with Crippen molar-refractivity contribution in [3.63, 3.8) is 0 Å². The fraction of sp³-hybridized carbons (Fsp3) is 0.308. The Hall–Kier alpha value is -3.69. The molecule has 0 aliphatic carbocycles. The zero-order chi connectivity index (χ0) is 25.1. The summed E-state index contributed by atoms with van der Waals surface area (Å²) in [5.74, 6) is 0. The summed E-state index contributed by atoms with van der Waals surface area (Å²) in [5.41, 5.74) is 5.94. The van der Waals surface area contributed by atoms with Gasteiger partial charge in [0.05, 0.1) is 35.9 Å². The van der Waals surface area contributed by atoms with E-state index in [9.17, 15) is 9.90 Å². The molecule has 0 radical (unpaired) electrons. The van der Waals surface area contributed by atoms with Gasteiger partial charge in [-0.05, 0) is 56.5 Å². The largest absolute Gasteiger partial charge is 0.394 e. The second kappa shape index (κ2) is 8.46. The van der Waals surface area contributed by atoms with E-state index in [4.69, 9.17) is 11.6 Å². The number of rotatable bonds is 5. The first-order valence-corrected chi connectivity index (χ1v) is 12.3. The lowest BCUT2D eigenvalue weighted by molar-refractivity contribution is 0.200. The number of nitrogens with zero attached hydrogens (tertiary/aromatic N) is 5. The number of aryl methyl sites for hydroxylation is 3. The smallest absolute Gasteiger partial charge is 0.260 e. The molecule has 0 saturated carbocycles. The highest BCUT2D eigenvalue weighted by Crippen LogP contribution is 2.37. The first-order chi connectivity index (χ1) is 17.4. The number of fused-ring (bicyclic) bond motifs is 2. The molecular weight excluding hydrogens is 478 g/mol. The minimum atomic E-state index is -0.167. The molecule has 10 heteroatoms. The number of anilines is 1. The van der Waals surface area contributed by atoms with E-state index in [1.807, 2.05) is 38.4 Å². The van der Waals surface area contributed by atoms with E-state index in [2.05, 4.69) is 38.6 Å². The average Bonchev–Trinajstić information content (AvgIpc) is 3.50. The molecule has 4 aromatic heterocycles. The summed E-state index contributed by atoms with van der Waals surface area (Å²) in [6.07, 6.45) is 4.29. The van der Waals surface area contributed by atoms with Gasteiger partial charge in [-0.1, -0.05) is 17.7 Å². The third-order valence-electron chi connectivity index (χ3n) is 7.11. The van der Waals surface area contributed by atoms with Gasteiger partial charge in [-0.2, -0.15) is 10.2 Å². The van der Waals surface area contributed by atoms with Crippen molar-refractivity contribution in [1.82, 2.24) is 29.5 Å². The lowest BCUT2D eigenvalue weighted by atomic mass is 9.95. The topological polar surface area (TPSA) is 114 Å². The Balaban J connectivity index is 1.54. The number of H-pyrrole nitrogens is 1. The van der Waals surface area contributed by atoms with E-state index in [-0.39, 0.29) is 24.2 Å². The van der Waals surface area contributed by atoms with Gasteiger partial charge in [0.15, 0.2) is 0 Å². The maximum Gasteiger partial charge on any atom is 0.260 e. The first kappa shape index (κ1) is 22.8. The molecule has 3 N–H and O–H groups in total. The van der Waals surface area contributed by atoms with Crippen LogP contribution in [-0.2, 0) is 6.54 Å². The number of hydrogen-bond acceptors (Lipinski definition) is 6. The Labute approximate surface area is 211 Å². The number of hydrogen-bond donors (Lipinski definition) is 3. The SMILES string of the molecule is Cc1cc(C(C)Nc2ccc(Cl)nc2-c2c[nH]nc2C)c2c(c1)c(=O)n1c3c2cnn3C(CO)CC1. The number of aromatic amines is 1. The highest BCUT2D eigenvalue weighted by Gasteiger charge is 2.27. The van der Waals surface area contributed by atoms with Crippen molar-refractivity contribution in [1.29, 1.82) is 0 Å². The van der Waals surface area contributed by atoms with Crippen LogP contribution in [0.3, 0.4) is 0 Å². The Bertz CT molecular complexity index is 1700. The second-order valence-corrected chi connectivity index (χ2v) is 9.85. The molecule has 6 rings (SSSR count). The Morgan fingerprint density at radius 1 is 1.28 bits per heavy atom. The molecule has 0 saturated heterocycles. The number of halogens is 1. The van der Waals surface area contributed by atoms with Crippen LogP contribution < -0.4 is 10.9 Å². The summed E-state index contributed by atoms with van der Waals surface area (Å²) in [4.78, 5) is 18.2. The van der Waals surface area contributed by atoms with E-state index in [1.54, 1.807) is 15.3 Å². The number of aliphatic hydroxyl groups is 1. The van der Waals surface area contributed by atoms with Crippen LogP contribution in [0.15, 0.2) is 41.5 Å². The standard InChI is InChI=1S/C26H26ClN7O2/c1-13-8-17(14(2)30-21-4-5-22(27)31-24(21)19-10-28-32-15(19)3)23-18(9-13)26(36)33-7-6-16(12-35)34-25(33)20(23)11-29-34/h4-5,8-11,14,16,30,35H,6-7,12H2,1-3H3,(H,28,32). The van der Waals surface area contributed by atoms with Crippen LogP contribution in [0.2, 0.25) is 5.15 Å². The molecule has 9 nitrogen and oxygen atoms in total. The zero-order valence-corrected chi connectivity index (χ0v) is 21.0. The quantitative estimate of drug-likeness (QED) is 0.304. The Kier molecular flexibility index (Phi) is 5.35. The predicted octanol–water partition coefficient (Wildman–Crippen LogP) is 4.52. The fourth-order valence-electron chi connectivity index (χ4n) is 5.38. The van der Waals surface area contributed by atoms with Gasteiger partial charge < -0.3 is 10.4 Å². The zero-order valence-electron chi connectivity index (χ0n) is 20.2. The minimum Gasteiger partial charge on any atom is -0.394 e. The fourth-order valence-corrected chi connectivity index (χ4v) is 5.53. The van der Waals surface area contributed by atoms with Crippen LogP contribution in [0, 0.1) is 13.8 Å². The van der Waals surface area contributed by atoms with Crippen molar-refractivity contribution >= 4 is 39.1 Å². The van der Waals surface area contributed by atoms with Crippen molar-refractivity contribution in [2.75, 3.05) is 11.9 Å². The van der Waals surface area contributed by atoms with E-state index < -0.39 is 0 Å². The number of aliphatic hydroxyl groups excluding tert-OH is 1. The molecule has 5 aromatic rings. The van der Waals surface area contributed by atoms with Crippen LogP contribution in [0.5, 0.6) is 0 Å². The summed E-state index contributed by atoms with van der Waals surface area (Å²) in [5, 5.41) is 28.0. The van der Waals surface area contributed by atoms with Gasteiger partial charge in [0.2, 0.25) is 0 Å². The van der Waals surface area contributed by atoms with Gasteiger partial charge in [0.1, 0.15) is 10.8 Å². The summed E-state index contributed by atoms with van der Waals surface area (Å²) in [7, 11) is 0. The third-order valence-corrected chi connectivity index (χ3v) is 7.32. The summed E-state index contributed by atoms with van der Waals surface area (Å²) >= 11 is 6.25. The molecule has 1 aliphatic heterocycles. The normalized spacial score (nSPS) is 16.1. The molecule has 0 bridgehead atoms. The highest BCUT2D eigenvalue weighted by atomic mass is 35.5. The maximum absolute atomic E-state index is 13.6. The molecule has 184 valence electrons. The molecule has 0 amide bonds. The Morgan fingerprint density at radius 3 is 2.86 bits per heavy atom. The molecule has 0 fully saturated rings. The highest BCUT2D eigenvalue weighted by molar-refractivity contribution is 6.29. The van der Waals surface area contributed by atoms with Gasteiger partial charge in [0, 0.05) is 40.5 Å². The number of aromatic nitrogens is 6. The van der Waals surface area contributed by atoms with Gasteiger partial charge >= 0.3 is 0 Å². The molecule has 2 unspecified atom stereocenters. The lowest BCUT2D eigenvalue weighted by Gasteiger charge is -2.25. The molecule has 1 aromatic carbocycles. The van der Waals surface area contributed by atoms with Gasteiger partial charge in [-0.25, -0.2) is 9.67 Å². The van der Waals surface area contributed by atoms with E-state index in [0.717, 1.165) is 44.5 Å². The average molecular weight is 504 g/mol. The predicted molar refractivity (Wildman–Crippen MR) is 141 cm³/mol. The number of pyridine rings is 2. The van der Waals surface area contributed by atoms with Gasteiger partial charge in [0.25, 0.3) is 5.56 Å². The molecular formula is C26H26ClN7O2. The van der Waals surface area contributed by atoms with Gasteiger partial charge in [-0.3, -0.25) is 14.5 Å². The lowest BCUT2D eigenvalue weighted by Crippen LogP contribution is -2.31. The van der Waals surface area contributed by atoms with Gasteiger partial charge in [-0.15, -0.1) is 0 Å². The minimum absolute atomic E-state index is 0.0124. The number of benzene rings is 1. The van der Waals surface area contributed by atoms with Crippen LogP contribution in [-0.4, -0.2) is 41.2 Å². The second-order valence-electron chi connectivity index (χ2n) is 9.47. The summed E-state index contributed by atoms with van der Waals surface area (Å²) in [6, 6.07) is 7.44. The summed E-state index contributed by atoms with van der Waals surface area (Å²) in [6.45, 7) is 6.53. The molecule has 36 heavy (non-hydrogen) atoms. The van der Waals surface area contributed by atoms with Crippen molar-refractivity contribution in [3.8, 4) is 11.3 Å². The Morgan fingerprint density at radius 2 is 2.11 bits per heavy atom. The van der Waals surface area contributed by atoms with E-state index >= 15 is 0 Å². The van der Waals surface area contributed by atoms with Crippen molar-refractivity contribution in [3.05, 3.63) is 69.0 Å². The van der Waals surface area contributed by atoms with Crippen LogP contribution in [0.1, 0.15) is 42.2 Å². The van der Waals surface area contributed by atoms with E-state index in [0.29, 0.717) is 29.2 Å². The summed E-state index contributed by atoms with van der Waals surface area (Å²) < 4.78 is 3.59.